The van der Waals surface area contributed by atoms with Crippen molar-refractivity contribution in [3.63, 3.8) is 0 Å². The van der Waals surface area contributed by atoms with E-state index in [4.69, 9.17) is 4.74 Å². The molecule has 0 aliphatic heterocycles. The van der Waals surface area contributed by atoms with E-state index in [9.17, 15) is 4.79 Å². The van der Waals surface area contributed by atoms with Gasteiger partial charge in [0.2, 0.25) is 5.95 Å². The maximum absolute atomic E-state index is 12.2. The Kier molecular flexibility index (Phi) is 4.27. The second-order valence-corrected chi connectivity index (χ2v) is 4.99. The Balaban J connectivity index is 2.45. The van der Waals surface area contributed by atoms with Crippen molar-refractivity contribution in [1.29, 1.82) is 0 Å². The number of ether oxygens (including phenoxy) is 1. The molecule has 5 heteroatoms. The molecule has 0 amide bonds. The largest absolute Gasteiger partial charge is 0.461 e. The van der Waals surface area contributed by atoms with Crippen molar-refractivity contribution in [3.8, 4) is 0 Å². The fourth-order valence-electron chi connectivity index (χ4n) is 2.16. The fourth-order valence-corrected chi connectivity index (χ4v) is 2.16. The number of benzene rings is 1. The van der Waals surface area contributed by atoms with Gasteiger partial charge in [-0.2, -0.15) is 0 Å². The van der Waals surface area contributed by atoms with E-state index in [0.29, 0.717) is 5.95 Å². The summed E-state index contributed by atoms with van der Waals surface area (Å²) in [5, 5.41) is 3.20. The molecule has 0 spiro atoms. The summed E-state index contributed by atoms with van der Waals surface area (Å²) in [7, 11) is 0. The molecule has 1 unspecified atom stereocenters. The highest BCUT2D eigenvalue weighted by Gasteiger charge is 2.23. The third-order valence-corrected chi connectivity index (χ3v) is 3.01. The van der Waals surface area contributed by atoms with Gasteiger partial charge in [-0.1, -0.05) is 12.1 Å². The minimum absolute atomic E-state index is 0.123. The van der Waals surface area contributed by atoms with Gasteiger partial charge in [0.1, 0.15) is 6.04 Å². The van der Waals surface area contributed by atoms with Gasteiger partial charge < -0.3 is 10.1 Å². The average Bonchev–Trinajstić information content (AvgIpc) is 2.75. The number of hydrogen-bond acceptors (Lipinski definition) is 4. The summed E-state index contributed by atoms with van der Waals surface area (Å²) < 4.78 is 7.19. The molecule has 5 nitrogen and oxygen atoms in total. The Morgan fingerprint density at radius 1 is 1.35 bits per heavy atom. The molecule has 0 aliphatic carbocycles. The number of hydrogen-bond donors (Lipinski definition) is 1. The normalized spacial score (nSPS) is 12.7. The molecule has 1 aromatic heterocycles. The van der Waals surface area contributed by atoms with Crippen molar-refractivity contribution in [2.75, 3.05) is 11.9 Å². The van der Waals surface area contributed by atoms with Crippen molar-refractivity contribution in [2.45, 2.75) is 39.8 Å². The second-order valence-electron chi connectivity index (χ2n) is 4.99. The van der Waals surface area contributed by atoms with Crippen molar-refractivity contribution >= 4 is 23.0 Å². The molecule has 1 aromatic carbocycles. The lowest BCUT2D eigenvalue weighted by atomic mass is 10.2. The highest BCUT2D eigenvalue weighted by molar-refractivity contribution is 5.83. The predicted molar refractivity (Wildman–Crippen MR) is 79.8 cm³/mol. The molecule has 1 heterocycles. The van der Waals surface area contributed by atoms with Crippen LogP contribution in [0.4, 0.5) is 5.95 Å². The predicted octanol–water partition coefficient (Wildman–Crippen LogP) is 2.98. The third-order valence-electron chi connectivity index (χ3n) is 3.01. The van der Waals surface area contributed by atoms with Crippen LogP contribution in [0.2, 0.25) is 0 Å². The molecule has 0 saturated heterocycles. The number of carbonyl (C=O) groups is 1. The summed E-state index contributed by atoms with van der Waals surface area (Å²) in [4.78, 5) is 16.7. The maximum Gasteiger partial charge on any atom is 0.329 e. The molecule has 0 aliphatic rings. The van der Waals surface area contributed by atoms with Crippen molar-refractivity contribution in [1.82, 2.24) is 9.55 Å². The van der Waals surface area contributed by atoms with Crippen LogP contribution in [-0.2, 0) is 9.53 Å². The quantitative estimate of drug-likeness (QED) is 0.852. The Hall–Kier alpha value is -2.04. The summed E-state index contributed by atoms with van der Waals surface area (Å²) in [6, 6.07) is 7.36. The van der Waals surface area contributed by atoms with Gasteiger partial charge in [-0.25, -0.2) is 9.78 Å². The smallest absolute Gasteiger partial charge is 0.329 e. The lowest BCUT2D eigenvalue weighted by Gasteiger charge is -2.18. The molecular weight excluding hydrogens is 254 g/mol. The van der Waals surface area contributed by atoms with Crippen LogP contribution in [0.1, 0.15) is 33.7 Å². The number of rotatable bonds is 5. The molecule has 2 rings (SSSR count). The van der Waals surface area contributed by atoms with Crippen LogP contribution in [0.3, 0.4) is 0 Å². The van der Waals surface area contributed by atoms with Crippen LogP contribution in [0, 0.1) is 0 Å². The summed E-state index contributed by atoms with van der Waals surface area (Å²) in [6.07, 6.45) is -0.123. The van der Waals surface area contributed by atoms with E-state index in [1.165, 1.54) is 0 Å². The van der Waals surface area contributed by atoms with E-state index >= 15 is 0 Å². The molecule has 2 aromatic rings. The van der Waals surface area contributed by atoms with Crippen LogP contribution in [0.5, 0.6) is 0 Å². The number of imidazole rings is 1. The van der Waals surface area contributed by atoms with Gasteiger partial charge in [0.05, 0.1) is 17.1 Å². The number of para-hydroxylation sites is 2. The first-order valence-corrected chi connectivity index (χ1v) is 6.96. The summed E-state index contributed by atoms with van der Waals surface area (Å²) in [5.41, 5.74) is 1.80. The third kappa shape index (κ3) is 2.76. The van der Waals surface area contributed by atoms with Crippen LogP contribution in [0.15, 0.2) is 24.3 Å². The van der Waals surface area contributed by atoms with E-state index in [1.54, 1.807) is 0 Å². The summed E-state index contributed by atoms with van der Waals surface area (Å²) in [5.74, 6) is 0.448. The number of esters is 1. The monoisotopic (exact) mass is 275 g/mol. The van der Waals surface area contributed by atoms with Crippen molar-refractivity contribution in [3.05, 3.63) is 24.3 Å². The molecule has 0 fully saturated rings. The van der Waals surface area contributed by atoms with Crippen molar-refractivity contribution in [2.24, 2.45) is 0 Å². The lowest BCUT2D eigenvalue weighted by molar-refractivity contribution is -0.150. The number of fused-ring (bicyclic) bond motifs is 1. The minimum Gasteiger partial charge on any atom is -0.461 e. The van der Waals surface area contributed by atoms with E-state index in [-0.39, 0.29) is 12.1 Å². The standard InChI is InChI=1S/C15H21N3O2/c1-5-16-15-17-12-8-6-7-9-13(12)18(15)11(4)14(19)20-10(2)3/h6-11H,5H2,1-4H3,(H,16,17). The molecule has 1 N–H and O–H groups in total. The number of nitrogens with one attached hydrogen (secondary N) is 1. The SMILES string of the molecule is CCNc1nc2ccccc2n1C(C)C(=O)OC(C)C. The molecule has 20 heavy (non-hydrogen) atoms. The Morgan fingerprint density at radius 3 is 2.70 bits per heavy atom. The van der Waals surface area contributed by atoms with Crippen LogP contribution in [0.25, 0.3) is 11.0 Å². The first kappa shape index (κ1) is 14.4. The zero-order valence-corrected chi connectivity index (χ0v) is 12.4. The van der Waals surface area contributed by atoms with Gasteiger partial charge in [0, 0.05) is 6.54 Å². The van der Waals surface area contributed by atoms with Crippen LogP contribution < -0.4 is 5.32 Å². The second kappa shape index (κ2) is 5.94. The minimum atomic E-state index is -0.418. The van der Waals surface area contributed by atoms with Gasteiger partial charge >= 0.3 is 5.97 Å². The van der Waals surface area contributed by atoms with E-state index in [2.05, 4.69) is 10.3 Å². The number of carbonyl (C=O) groups excluding carboxylic acids is 1. The first-order chi connectivity index (χ1) is 9.54. The van der Waals surface area contributed by atoms with Crippen LogP contribution >= 0.6 is 0 Å². The molecule has 108 valence electrons. The van der Waals surface area contributed by atoms with Crippen LogP contribution in [-0.4, -0.2) is 28.2 Å². The van der Waals surface area contributed by atoms with Crippen molar-refractivity contribution < 1.29 is 9.53 Å². The van der Waals surface area contributed by atoms with E-state index in [1.807, 2.05) is 56.5 Å². The molecule has 1 atom stereocenters. The number of aromatic nitrogens is 2. The molecule has 0 saturated carbocycles. The van der Waals surface area contributed by atoms with E-state index < -0.39 is 6.04 Å². The Labute approximate surface area is 118 Å². The van der Waals surface area contributed by atoms with Gasteiger partial charge in [-0.05, 0) is 39.8 Å². The zero-order chi connectivity index (χ0) is 14.7. The molecule has 0 radical (unpaired) electrons. The molecule has 0 bridgehead atoms. The maximum atomic E-state index is 12.2. The van der Waals surface area contributed by atoms with E-state index in [0.717, 1.165) is 17.6 Å². The zero-order valence-electron chi connectivity index (χ0n) is 12.4. The number of nitrogens with zero attached hydrogens (tertiary/aromatic N) is 2. The van der Waals surface area contributed by atoms with Gasteiger partial charge in [-0.15, -0.1) is 0 Å². The highest BCUT2D eigenvalue weighted by atomic mass is 16.5. The van der Waals surface area contributed by atoms with Gasteiger partial charge in [-0.3, -0.25) is 4.57 Å². The Bertz CT molecular complexity index is 604. The molecular formula is C15H21N3O2. The summed E-state index contributed by atoms with van der Waals surface area (Å²) in [6.45, 7) is 8.28. The van der Waals surface area contributed by atoms with Gasteiger partial charge in [0.15, 0.2) is 0 Å². The lowest BCUT2D eigenvalue weighted by Crippen LogP contribution is -2.23. The average molecular weight is 275 g/mol. The topological polar surface area (TPSA) is 56.2 Å². The summed E-state index contributed by atoms with van der Waals surface area (Å²) >= 11 is 0. The Morgan fingerprint density at radius 2 is 2.05 bits per heavy atom. The van der Waals surface area contributed by atoms with Gasteiger partial charge in [0.25, 0.3) is 0 Å². The fraction of sp³-hybridized carbons (Fsp3) is 0.467. The highest BCUT2D eigenvalue weighted by Crippen LogP contribution is 2.25. The number of anilines is 1. The first-order valence-electron chi connectivity index (χ1n) is 6.96.